The van der Waals surface area contributed by atoms with Crippen LogP contribution in [0.3, 0.4) is 0 Å². The Hall–Kier alpha value is -4.00. The van der Waals surface area contributed by atoms with Crippen molar-refractivity contribution in [1.82, 2.24) is 29.8 Å². The minimum atomic E-state index is -4.61. The Balaban J connectivity index is 1.53. The first kappa shape index (κ1) is 25.6. The second-order valence-electron chi connectivity index (χ2n) is 9.43. The van der Waals surface area contributed by atoms with Gasteiger partial charge in [0, 0.05) is 36.8 Å². The molecule has 2 N–H and O–H groups in total. The van der Waals surface area contributed by atoms with Crippen molar-refractivity contribution < 1.29 is 32.2 Å². The standard InChI is InChI=1S/C25H24F4N6O3/c1-13(2)38-20-10-19-14(9-17(20)26)3-5-18(31-19)23-33-32-21-6-4-15(11-35(21)23)22(25(27,28)29)34-8-7-16(12-34)30-24(36)37/h3-6,9-11,13,16,22,30H,7-8,12H2,1-2H3,(H,36,37)/t16?,22-/m1/s1. The molecule has 4 heterocycles. The molecule has 0 saturated carbocycles. The fourth-order valence-electron chi connectivity index (χ4n) is 4.76. The first-order valence-corrected chi connectivity index (χ1v) is 11.9. The van der Waals surface area contributed by atoms with Gasteiger partial charge in [-0.3, -0.25) is 9.30 Å². The van der Waals surface area contributed by atoms with E-state index in [0.29, 0.717) is 22.2 Å². The maximum absolute atomic E-state index is 14.4. The number of aromatic nitrogens is 4. The van der Waals surface area contributed by atoms with Crippen LogP contribution in [0.15, 0.2) is 42.6 Å². The van der Waals surface area contributed by atoms with Crippen molar-refractivity contribution in [1.29, 1.82) is 0 Å². The fourth-order valence-corrected chi connectivity index (χ4v) is 4.76. The predicted molar refractivity (Wildman–Crippen MR) is 129 cm³/mol. The van der Waals surface area contributed by atoms with E-state index in [1.807, 2.05) is 0 Å². The Morgan fingerprint density at radius 3 is 2.68 bits per heavy atom. The van der Waals surface area contributed by atoms with E-state index < -0.39 is 30.2 Å². The smallest absolute Gasteiger partial charge is 0.408 e. The third-order valence-electron chi connectivity index (χ3n) is 6.30. The summed E-state index contributed by atoms with van der Waals surface area (Å²) in [6.07, 6.45) is -4.55. The summed E-state index contributed by atoms with van der Waals surface area (Å²) in [6, 6.07) is 6.25. The molecule has 5 rings (SSSR count). The van der Waals surface area contributed by atoms with Gasteiger partial charge < -0.3 is 15.2 Å². The molecule has 1 aromatic carbocycles. The highest BCUT2D eigenvalue weighted by atomic mass is 19.4. The normalized spacial score (nSPS) is 17.4. The lowest BCUT2D eigenvalue weighted by atomic mass is 10.1. The highest BCUT2D eigenvalue weighted by molar-refractivity contribution is 5.82. The summed E-state index contributed by atoms with van der Waals surface area (Å²) in [5.41, 5.74) is 1.04. The van der Waals surface area contributed by atoms with E-state index in [9.17, 15) is 22.4 Å². The zero-order valence-electron chi connectivity index (χ0n) is 20.4. The summed E-state index contributed by atoms with van der Waals surface area (Å²) in [6.45, 7) is 3.54. The van der Waals surface area contributed by atoms with Gasteiger partial charge in [0.2, 0.25) is 0 Å². The van der Waals surface area contributed by atoms with Crippen LogP contribution in [0.1, 0.15) is 31.9 Å². The molecular weight excluding hydrogens is 508 g/mol. The Kier molecular flexibility index (Phi) is 6.55. The van der Waals surface area contributed by atoms with Gasteiger partial charge in [0.15, 0.2) is 23.0 Å². The lowest BCUT2D eigenvalue weighted by Crippen LogP contribution is -2.40. The second-order valence-corrected chi connectivity index (χ2v) is 9.43. The number of fused-ring (bicyclic) bond motifs is 2. The van der Waals surface area contributed by atoms with Gasteiger partial charge in [-0.1, -0.05) is 12.1 Å². The summed E-state index contributed by atoms with van der Waals surface area (Å²) in [5, 5.41) is 19.9. The molecule has 38 heavy (non-hydrogen) atoms. The van der Waals surface area contributed by atoms with Gasteiger partial charge in [0.25, 0.3) is 0 Å². The van der Waals surface area contributed by atoms with Crippen LogP contribution in [0.4, 0.5) is 22.4 Å². The lowest BCUT2D eigenvalue weighted by molar-refractivity contribution is -0.184. The molecule has 3 aromatic heterocycles. The van der Waals surface area contributed by atoms with Gasteiger partial charge in [0.05, 0.1) is 11.6 Å². The summed E-state index contributed by atoms with van der Waals surface area (Å²) in [7, 11) is 0. The zero-order valence-corrected chi connectivity index (χ0v) is 20.4. The Labute approximate surface area is 214 Å². The number of carboxylic acid groups (broad SMARTS) is 1. The van der Waals surface area contributed by atoms with Gasteiger partial charge in [-0.2, -0.15) is 13.2 Å². The van der Waals surface area contributed by atoms with Crippen LogP contribution < -0.4 is 10.1 Å². The van der Waals surface area contributed by atoms with Crippen LogP contribution in [-0.2, 0) is 0 Å². The topological polar surface area (TPSA) is 105 Å². The van der Waals surface area contributed by atoms with E-state index in [0.717, 1.165) is 0 Å². The minimum Gasteiger partial charge on any atom is -0.488 e. The first-order valence-electron chi connectivity index (χ1n) is 11.9. The van der Waals surface area contributed by atoms with Gasteiger partial charge in [-0.05, 0) is 44.0 Å². The molecule has 1 saturated heterocycles. The van der Waals surface area contributed by atoms with E-state index in [1.54, 1.807) is 26.0 Å². The van der Waals surface area contributed by atoms with Crippen LogP contribution in [0.25, 0.3) is 28.1 Å². The number of likely N-dealkylation sites (tertiary alicyclic amines) is 1. The molecule has 1 unspecified atom stereocenters. The van der Waals surface area contributed by atoms with Gasteiger partial charge in [-0.25, -0.2) is 14.2 Å². The number of pyridine rings is 2. The van der Waals surface area contributed by atoms with Gasteiger partial charge >= 0.3 is 12.3 Å². The molecule has 0 bridgehead atoms. The molecule has 1 aliphatic heterocycles. The summed E-state index contributed by atoms with van der Waals surface area (Å²) >= 11 is 0. The largest absolute Gasteiger partial charge is 0.488 e. The van der Waals surface area contributed by atoms with E-state index in [4.69, 9.17) is 9.84 Å². The third-order valence-corrected chi connectivity index (χ3v) is 6.30. The number of halogens is 4. The Bertz CT molecular complexity index is 1510. The average Bonchev–Trinajstić information content (AvgIpc) is 3.44. The van der Waals surface area contributed by atoms with E-state index in [1.165, 1.54) is 39.8 Å². The Morgan fingerprint density at radius 1 is 1.18 bits per heavy atom. The van der Waals surface area contributed by atoms with Crippen LogP contribution >= 0.6 is 0 Å². The second kappa shape index (κ2) is 9.71. The number of benzene rings is 1. The third kappa shape index (κ3) is 5.05. The highest BCUT2D eigenvalue weighted by Gasteiger charge is 2.47. The SMILES string of the molecule is CC(C)Oc1cc2nc(-c3nnc4ccc([C@@H](N5CCC(NC(=O)O)C5)C(F)(F)F)cn34)ccc2cc1F. The predicted octanol–water partition coefficient (Wildman–Crippen LogP) is 4.82. The van der Waals surface area contributed by atoms with Crippen molar-refractivity contribution in [2.75, 3.05) is 13.1 Å². The van der Waals surface area contributed by atoms with Crippen LogP contribution in [0.5, 0.6) is 5.75 Å². The molecule has 0 aliphatic carbocycles. The molecule has 0 radical (unpaired) electrons. The molecule has 1 amide bonds. The van der Waals surface area contributed by atoms with Crippen molar-refractivity contribution in [3.63, 3.8) is 0 Å². The molecule has 13 heteroatoms. The van der Waals surface area contributed by atoms with Crippen molar-refractivity contribution in [3.05, 3.63) is 54.0 Å². The van der Waals surface area contributed by atoms with Crippen LogP contribution in [-0.4, -0.2) is 67.1 Å². The molecule has 1 aliphatic rings. The number of carbonyl (C=O) groups is 1. The average molecular weight is 532 g/mol. The van der Waals surface area contributed by atoms with Crippen molar-refractivity contribution in [3.8, 4) is 17.3 Å². The maximum atomic E-state index is 14.4. The molecule has 200 valence electrons. The minimum absolute atomic E-state index is 0.0415. The van der Waals surface area contributed by atoms with Crippen molar-refractivity contribution in [2.45, 2.75) is 44.6 Å². The molecule has 2 atom stereocenters. The fraction of sp³-hybridized carbons (Fsp3) is 0.360. The molecule has 9 nitrogen and oxygen atoms in total. The number of hydrogen-bond donors (Lipinski definition) is 2. The van der Waals surface area contributed by atoms with Gasteiger partial charge in [0.1, 0.15) is 11.7 Å². The van der Waals surface area contributed by atoms with E-state index in [2.05, 4.69) is 20.5 Å². The summed E-state index contributed by atoms with van der Waals surface area (Å²) in [4.78, 5) is 16.7. The van der Waals surface area contributed by atoms with Crippen LogP contribution in [0.2, 0.25) is 0 Å². The number of ether oxygens (including phenoxy) is 1. The lowest BCUT2D eigenvalue weighted by Gasteiger charge is -2.30. The van der Waals surface area contributed by atoms with Crippen molar-refractivity contribution in [2.24, 2.45) is 0 Å². The molecule has 4 aromatic rings. The number of alkyl halides is 3. The summed E-state index contributed by atoms with van der Waals surface area (Å²) < 4.78 is 64.1. The maximum Gasteiger partial charge on any atom is 0.408 e. The van der Waals surface area contributed by atoms with E-state index >= 15 is 0 Å². The number of nitrogens with zero attached hydrogens (tertiary/aromatic N) is 5. The first-order chi connectivity index (χ1) is 18.0. The number of rotatable bonds is 6. The highest BCUT2D eigenvalue weighted by Crippen LogP contribution is 2.40. The number of hydrogen-bond acceptors (Lipinski definition) is 6. The van der Waals surface area contributed by atoms with Gasteiger partial charge in [-0.15, -0.1) is 10.2 Å². The quantitative estimate of drug-likeness (QED) is 0.343. The number of amides is 1. The Morgan fingerprint density at radius 2 is 1.97 bits per heavy atom. The van der Waals surface area contributed by atoms with Crippen molar-refractivity contribution >= 4 is 22.6 Å². The molecular formula is C25H24F4N6O3. The summed E-state index contributed by atoms with van der Waals surface area (Å²) in [5.74, 6) is -0.272. The number of nitrogens with one attached hydrogen (secondary N) is 1. The molecule has 1 fully saturated rings. The zero-order chi connectivity index (χ0) is 27.2. The monoisotopic (exact) mass is 532 g/mol. The van der Waals surface area contributed by atoms with E-state index in [-0.39, 0.29) is 42.8 Å². The molecule has 0 spiro atoms. The van der Waals surface area contributed by atoms with Crippen LogP contribution in [0, 0.1) is 5.82 Å².